The molecule has 0 aliphatic rings. The molecule has 2 atom stereocenters. The Bertz CT molecular complexity index is 718. The summed E-state index contributed by atoms with van der Waals surface area (Å²) in [7, 11) is 1.27. The monoisotopic (exact) mass is 354 g/mol. The summed E-state index contributed by atoms with van der Waals surface area (Å²) in [5, 5.41) is 11.2. The molecular formula is C20H22N2O4. The second-order valence-electron chi connectivity index (χ2n) is 5.83. The number of aliphatic imine (C=N–C) groups is 1. The summed E-state index contributed by atoms with van der Waals surface area (Å²) in [5.74, 6) is -0.574. The van der Waals surface area contributed by atoms with Crippen LogP contribution in [-0.4, -0.2) is 35.8 Å². The fourth-order valence-electron chi connectivity index (χ4n) is 2.66. The minimum Gasteiger partial charge on any atom is -0.467 e. The second kappa shape index (κ2) is 9.46. The Morgan fingerprint density at radius 1 is 1.08 bits per heavy atom. The average Bonchev–Trinajstić information content (AvgIpc) is 2.68. The predicted octanol–water partition coefficient (Wildman–Crippen LogP) is 3.51. The summed E-state index contributed by atoms with van der Waals surface area (Å²) < 4.78 is 4.84. The van der Waals surface area contributed by atoms with Crippen LogP contribution in [0.25, 0.3) is 0 Å². The third kappa shape index (κ3) is 4.99. The van der Waals surface area contributed by atoms with E-state index in [9.17, 15) is 14.9 Å². The molecule has 0 heterocycles. The van der Waals surface area contributed by atoms with Crippen molar-refractivity contribution in [2.75, 3.05) is 7.11 Å². The zero-order chi connectivity index (χ0) is 18.9. The van der Waals surface area contributed by atoms with Crippen molar-refractivity contribution in [3.8, 4) is 0 Å². The largest absolute Gasteiger partial charge is 0.467 e. The lowest BCUT2D eigenvalue weighted by Gasteiger charge is -2.16. The Hall–Kier alpha value is -3.02. The molecule has 0 radical (unpaired) electrons. The van der Waals surface area contributed by atoms with Gasteiger partial charge in [0.15, 0.2) is 6.04 Å². The second-order valence-corrected chi connectivity index (χ2v) is 5.83. The fraction of sp³-hybridized carbons (Fsp3) is 0.300. The lowest BCUT2D eigenvalue weighted by molar-refractivity contribution is -0.523. The number of nitrogens with zero attached hydrogens (tertiary/aromatic N) is 2. The van der Waals surface area contributed by atoms with E-state index >= 15 is 0 Å². The van der Waals surface area contributed by atoms with Gasteiger partial charge >= 0.3 is 5.97 Å². The van der Waals surface area contributed by atoms with Gasteiger partial charge in [-0.1, -0.05) is 67.6 Å². The minimum atomic E-state index is -0.939. The van der Waals surface area contributed by atoms with Gasteiger partial charge in [-0.3, -0.25) is 15.1 Å². The molecule has 0 saturated heterocycles. The van der Waals surface area contributed by atoms with E-state index in [-0.39, 0.29) is 11.3 Å². The highest BCUT2D eigenvalue weighted by atomic mass is 16.6. The molecule has 136 valence electrons. The molecule has 6 heteroatoms. The fourth-order valence-corrected chi connectivity index (χ4v) is 2.66. The molecule has 2 aromatic carbocycles. The number of carbonyl (C=O) groups is 1. The van der Waals surface area contributed by atoms with Crippen molar-refractivity contribution in [2.45, 2.75) is 31.8 Å². The molecule has 0 spiro atoms. The predicted molar refractivity (Wildman–Crippen MR) is 100 cm³/mol. The van der Waals surface area contributed by atoms with Crippen molar-refractivity contribution < 1.29 is 14.5 Å². The van der Waals surface area contributed by atoms with Crippen molar-refractivity contribution in [1.82, 2.24) is 0 Å². The molecule has 0 aliphatic carbocycles. The van der Waals surface area contributed by atoms with E-state index in [4.69, 9.17) is 4.74 Å². The molecule has 6 nitrogen and oxygen atoms in total. The Morgan fingerprint density at radius 2 is 1.58 bits per heavy atom. The summed E-state index contributed by atoms with van der Waals surface area (Å²) >= 11 is 0. The van der Waals surface area contributed by atoms with Crippen LogP contribution in [-0.2, 0) is 9.53 Å². The van der Waals surface area contributed by atoms with Gasteiger partial charge in [0.25, 0.3) is 0 Å². The van der Waals surface area contributed by atoms with E-state index in [1.807, 2.05) is 60.7 Å². The molecule has 2 aromatic rings. The SMILES string of the molecule is CC[C@H](C[C@@H](N=C(c1ccccc1)c1ccccc1)C(=O)OC)[N+](=O)[O-]. The lowest BCUT2D eigenvalue weighted by Crippen LogP contribution is -2.31. The van der Waals surface area contributed by atoms with Gasteiger partial charge < -0.3 is 4.74 Å². The number of ether oxygens (including phenoxy) is 1. The van der Waals surface area contributed by atoms with E-state index in [1.165, 1.54) is 7.11 Å². The van der Waals surface area contributed by atoms with Crippen LogP contribution in [0.15, 0.2) is 65.7 Å². The Balaban J connectivity index is 2.49. The Morgan fingerprint density at radius 3 is 1.96 bits per heavy atom. The first-order chi connectivity index (χ1) is 12.6. The molecule has 0 bridgehead atoms. The maximum Gasteiger partial charge on any atom is 0.330 e. The zero-order valence-electron chi connectivity index (χ0n) is 14.9. The van der Waals surface area contributed by atoms with Gasteiger partial charge in [-0.05, 0) is 0 Å². The quantitative estimate of drug-likeness (QED) is 0.314. The Labute approximate surface area is 152 Å². The van der Waals surface area contributed by atoms with Crippen LogP contribution < -0.4 is 0 Å². The number of carbonyl (C=O) groups excluding carboxylic acids is 1. The van der Waals surface area contributed by atoms with Gasteiger partial charge in [-0.15, -0.1) is 0 Å². The van der Waals surface area contributed by atoms with Gasteiger partial charge in [0.1, 0.15) is 0 Å². The van der Waals surface area contributed by atoms with E-state index in [0.717, 1.165) is 11.1 Å². The standard InChI is InChI=1S/C20H22N2O4/c1-3-17(22(24)25)14-18(20(23)26-2)21-19(15-10-6-4-7-11-15)16-12-8-5-9-13-16/h4-13,17-18H,3,14H2,1-2H3/t17-,18-/m1/s1. The van der Waals surface area contributed by atoms with Gasteiger partial charge in [0.05, 0.1) is 12.8 Å². The molecule has 26 heavy (non-hydrogen) atoms. The summed E-state index contributed by atoms with van der Waals surface area (Å²) in [6.07, 6.45) is 0.321. The molecule has 0 unspecified atom stereocenters. The number of benzene rings is 2. The van der Waals surface area contributed by atoms with E-state index in [2.05, 4.69) is 4.99 Å². The van der Waals surface area contributed by atoms with Gasteiger partial charge in [-0.2, -0.15) is 0 Å². The lowest BCUT2D eigenvalue weighted by atomic mass is 10.0. The van der Waals surface area contributed by atoms with Crippen molar-refractivity contribution in [3.63, 3.8) is 0 Å². The van der Waals surface area contributed by atoms with Crippen molar-refractivity contribution in [1.29, 1.82) is 0 Å². The number of rotatable bonds is 8. The third-order valence-electron chi connectivity index (χ3n) is 4.12. The molecule has 0 fully saturated rings. The van der Waals surface area contributed by atoms with Crippen molar-refractivity contribution >= 4 is 11.7 Å². The maximum atomic E-state index is 12.2. The first kappa shape index (κ1) is 19.3. The smallest absolute Gasteiger partial charge is 0.330 e. The van der Waals surface area contributed by atoms with E-state index in [0.29, 0.717) is 12.1 Å². The highest BCUT2D eigenvalue weighted by Crippen LogP contribution is 2.16. The molecule has 2 rings (SSSR count). The van der Waals surface area contributed by atoms with Crippen molar-refractivity contribution in [3.05, 3.63) is 81.9 Å². The Kier molecular flexibility index (Phi) is 7.02. The number of esters is 1. The van der Waals surface area contributed by atoms with Crippen LogP contribution in [0.5, 0.6) is 0 Å². The van der Waals surface area contributed by atoms with E-state index < -0.39 is 18.1 Å². The van der Waals surface area contributed by atoms with Crippen LogP contribution in [0.4, 0.5) is 0 Å². The van der Waals surface area contributed by atoms with Gasteiger partial charge in [0, 0.05) is 28.9 Å². The van der Waals surface area contributed by atoms with Crippen LogP contribution in [0.3, 0.4) is 0 Å². The highest BCUT2D eigenvalue weighted by molar-refractivity contribution is 6.13. The average molecular weight is 354 g/mol. The third-order valence-corrected chi connectivity index (χ3v) is 4.12. The first-order valence-electron chi connectivity index (χ1n) is 8.46. The number of methoxy groups -OCH3 is 1. The number of hydrogen-bond donors (Lipinski definition) is 0. The highest BCUT2D eigenvalue weighted by Gasteiger charge is 2.29. The summed E-state index contributed by atoms with van der Waals surface area (Å²) in [5.41, 5.74) is 2.28. The molecule has 0 aliphatic heterocycles. The molecule has 0 amide bonds. The van der Waals surface area contributed by atoms with Crippen LogP contribution in [0.2, 0.25) is 0 Å². The number of hydrogen-bond acceptors (Lipinski definition) is 5. The maximum absolute atomic E-state index is 12.2. The van der Waals surface area contributed by atoms with E-state index in [1.54, 1.807) is 6.92 Å². The minimum absolute atomic E-state index is 0.000654. The normalized spacial score (nSPS) is 12.7. The van der Waals surface area contributed by atoms with Crippen LogP contribution >= 0.6 is 0 Å². The summed E-state index contributed by atoms with van der Waals surface area (Å²) in [4.78, 5) is 27.7. The summed E-state index contributed by atoms with van der Waals surface area (Å²) in [6.45, 7) is 1.72. The first-order valence-corrected chi connectivity index (χ1v) is 8.46. The van der Waals surface area contributed by atoms with Crippen LogP contribution in [0.1, 0.15) is 30.9 Å². The molecule has 0 aromatic heterocycles. The topological polar surface area (TPSA) is 81.8 Å². The number of nitro groups is 1. The van der Waals surface area contributed by atoms with Crippen LogP contribution in [0, 0.1) is 10.1 Å². The summed E-state index contributed by atoms with van der Waals surface area (Å²) in [6, 6.07) is 17.1. The van der Waals surface area contributed by atoms with Crippen molar-refractivity contribution in [2.24, 2.45) is 4.99 Å². The molecule has 0 saturated carbocycles. The zero-order valence-corrected chi connectivity index (χ0v) is 14.9. The van der Waals surface area contributed by atoms with Gasteiger partial charge in [0.2, 0.25) is 6.04 Å². The molecule has 0 N–H and O–H groups in total. The molecular weight excluding hydrogens is 332 g/mol. The van der Waals surface area contributed by atoms with Gasteiger partial charge in [-0.25, -0.2) is 4.79 Å².